The van der Waals surface area contributed by atoms with E-state index in [0.29, 0.717) is 28.4 Å². The first kappa shape index (κ1) is 20.8. The molecule has 1 aliphatic heterocycles. The topological polar surface area (TPSA) is 100 Å². The summed E-state index contributed by atoms with van der Waals surface area (Å²) in [6.45, 7) is 1.37. The summed E-state index contributed by atoms with van der Waals surface area (Å²) in [5.41, 5.74) is 4.11. The van der Waals surface area contributed by atoms with Crippen LogP contribution in [0.2, 0.25) is 0 Å². The van der Waals surface area contributed by atoms with E-state index in [1.807, 2.05) is 18.2 Å². The van der Waals surface area contributed by atoms with Gasteiger partial charge in [-0.1, -0.05) is 12.1 Å². The van der Waals surface area contributed by atoms with Crippen molar-refractivity contribution in [1.82, 2.24) is 14.5 Å². The molecule has 2 aromatic heterocycles. The third kappa shape index (κ3) is 3.79. The Kier molecular flexibility index (Phi) is 5.01. The number of oxazole rings is 1. The van der Waals surface area contributed by atoms with E-state index in [9.17, 15) is 14.4 Å². The quantitative estimate of drug-likeness (QED) is 0.468. The molecule has 2 aliphatic rings. The number of H-pyrrole nitrogens is 1. The molecule has 0 bridgehead atoms. The number of anilines is 1. The summed E-state index contributed by atoms with van der Waals surface area (Å²) >= 11 is 0. The molecule has 174 valence electrons. The third-order valence-corrected chi connectivity index (χ3v) is 6.89. The maximum atomic E-state index is 13.0. The Bertz CT molecular complexity index is 1470. The van der Waals surface area contributed by atoms with Gasteiger partial charge in [-0.15, -0.1) is 0 Å². The van der Waals surface area contributed by atoms with Crippen molar-refractivity contribution in [3.8, 4) is 0 Å². The number of piperidine rings is 1. The van der Waals surface area contributed by atoms with Gasteiger partial charge in [0.15, 0.2) is 5.58 Å². The standard InChI is InChI=1S/C26H26N4O4/c31-24(29-11-2-1-3-12-29)15-30-22-13-17(9-10-23(22)34-26(30)33)27-25(32)21-14-19-18(16-7-8-16)5-4-6-20(19)28-21/h4-6,9-10,13-14,16,28H,1-3,7-8,11-12,15H2,(H,27,32). The lowest BCUT2D eigenvalue weighted by Crippen LogP contribution is -2.39. The van der Waals surface area contributed by atoms with Crippen LogP contribution in [0.1, 0.15) is 54.1 Å². The van der Waals surface area contributed by atoms with Crippen molar-refractivity contribution in [3.63, 3.8) is 0 Å². The van der Waals surface area contributed by atoms with Crippen LogP contribution in [0.15, 0.2) is 51.7 Å². The predicted molar refractivity (Wildman–Crippen MR) is 129 cm³/mol. The van der Waals surface area contributed by atoms with Crippen LogP contribution in [0, 0.1) is 0 Å². The van der Waals surface area contributed by atoms with Crippen LogP contribution in [-0.4, -0.2) is 39.4 Å². The Morgan fingerprint density at radius 1 is 1.06 bits per heavy atom. The van der Waals surface area contributed by atoms with Gasteiger partial charge < -0.3 is 19.6 Å². The molecule has 0 spiro atoms. The van der Waals surface area contributed by atoms with E-state index in [1.165, 1.54) is 23.0 Å². The van der Waals surface area contributed by atoms with E-state index in [-0.39, 0.29) is 18.4 Å². The van der Waals surface area contributed by atoms with Crippen LogP contribution < -0.4 is 11.1 Å². The molecule has 2 N–H and O–H groups in total. The van der Waals surface area contributed by atoms with Crippen LogP contribution >= 0.6 is 0 Å². The van der Waals surface area contributed by atoms with Gasteiger partial charge in [-0.2, -0.15) is 0 Å². The number of carbonyl (C=O) groups excluding carboxylic acids is 2. The van der Waals surface area contributed by atoms with Gasteiger partial charge in [-0.3, -0.25) is 14.2 Å². The number of nitrogens with zero attached hydrogens (tertiary/aromatic N) is 2. The number of benzene rings is 2. The van der Waals surface area contributed by atoms with Crippen molar-refractivity contribution in [1.29, 1.82) is 0 Å². The van der Waals surface area contributed by atoms with Crippen LogP contribution in [0.25, 0.3) is 22.0 Å². The van der Waals surface area contributed by atoms with Crippen molar-refractivity contribution in [2.45, 2.75) is 44.6 Å². The summed E-state index contributed by atoms with van der Waals surface area (Å²) < 4.78 is 6.67. The average Bonchev–Trinajstić information content (AvgIpc) is 3.53. The number of hydrogen-bond donors (Lipinski definition) is 2. The Balaban J connectivity index is 1.25. The lowest BCUT2D eigenvalue weighted by atomic mass is 10.1. The molecule has 2 amide bonds. The molecule has 8 nitrogen and oxygen atoms in total. The van der Waals surface area contributed by atoms with E-state index in [2.05, 4.69) is 16.4 Å². The van der Waals surface area contributed by atoms with Gasteiger partial charge in [-0.25, -0.2) is 4.79 Å². The van der Waals surface area contributed by atoms with Crippen molar-refractivity contribution < 1.29 is 14.0 Å². The van der Waals surface area contributed by atoms with Crippen LogP contribution in [0.4, 0.5) is 5.69 Å². The molecule has 1 saturated heterocycles. The minimum Gasteiger partial charge on any atom is -0.408 e. The number of carbonyl (C=O) groups is 2. The number of aromatic nitrogens is 2. The first-order chi connectivity index (χ1) is 16.6. The van der Waals surface area contributed by atoms with E-state index in [4.69, 9.17) is 4.42 Å². The minimum atomic E-state index is -0.577. The minimum absolute atomic E-state index is 0.0742. The van der Waals surface area contributed by atoms with Gasteiger partial charge in [0, 0.05) is 29.7 Å². The molecular weight excluding hydrogens is 432 g/mol. The fourth-order valence-corrected chi connectivity index (χ4v) is 4.92. The summed E-state index contributed by atoms with van der Waals surface area (Å²) in [5, 5.41) is 3.99. The monoisotopic (exact) mass is 458 g/mol. The molecule has 1 saturated carbocycles. The molecule has 0 atom stereocenters. The van der Waals surface area contributed by atoms with E-state index < -0.39 is 5.76 Å². The number of likely N-dealkylation sites (tertiary alicyclic amines) is 1. The highest BCUT2D eigenvalue weighted by molar-refractivity contribution is 6.07. The zero-order chi connectivity index (χ0) is 23.2. The van der Waals surface area contributed by atoms with Crippen molar-refractivity contribution in [3.05, 3.63) is 64.3 Å². The SMILES string of the molecule is O=C(Nc1ccc2oc(=O)n(CC(=O)N3CCCCC3)c2c1)c1cc2c(C3CC3)cccc2[nH]1. The second-order valence-electron chi connectivity index (χ2n) is 9.30. The molecule has 0 radical (unpaired) electrons. The fraction of sp³-hybridized carbons (Fsp3) is 0.346. The molecule has 1 aliphatic carbocycles. The molecule has 6 rings (SSSR count). The normalized spacial score (nSPS) is 16.3. The Morgan fingerprint density at radius 2 is 1.88 bits per heavy atom. The second kappa shape index (κ2) is 8.20. The molecule has 3 heterocycles. The highest BCUT2D eigenvalue weighted by Gasteiger charge is 2.26. The maximum absolute atomic E-state index is 13.0. The lowest BCUT2D eigenvalue weighted by molar-refractivity contribution is -0.132. The van der Waals surface area contributed by atoms with Crippen LogP contribution in [0.5, 0.6) is 0 Å². The van der Waals surface area contributed by atoms with Crippen molar-refractivity contribution >= 4 is 39.5 Å². The predicted octanol–water partition coefficient (Wildman–Crippen LogP) is 4.22. The number of hydrogen-bond acceptors (Lipinski definition) is 4. The molecular formula is C26H26N4O4. The Morgan fingerprint density at radius 3 is 2.68 bits per heavy atom. The maximum Gasteiger partial charge on any atom is 0.420 e. The molecule has 0 unspecified atom stereocenters. The van der Waals surface area contributed by atoms with Gasteiger partial charge in [0.2, 0.25) is 5.91 Å². The average molecular weight is 459 g/mol. The zero-order valence-corrected chi connectivity index (χ0v) is 18.8. The fourth-order valence-electron chi connectivity index (χ4n) is 4.92. The molecule has 4 aromatic rings. The summed E-state index contributed by atoms with van der Waals surface area (Å²) in [5.74, 6) is -0.349. The number of fused-ring (bicyclic) bond motifs is 2. The number of rotatable bonds is 5. The largest absolute Gasteiger partial charge is 0.420 e. The molecule has 2 fully saturated rings. The first-order valence-electron chi connectivity index (χ1n) is 11.9. The van der Waals surface area contributed by atoms with Gasteiger partial charge >= 0.3 is 5.76 Å². The number of aromatic amines is 1. The highest BCUT2D eigenvalue weighted by Crippen LogP contribution is 2.43. The van der Waals surface area contributed by atoms with Gasteiger partial charge in [0.1, 0.15) is 12.2 Å². The highest BCUT2D eigenvalue weighted by atomic mass is 16.4. The van der Waals surface area contributed by atoms with Gasteiger partial charge in [0.25, 0.3) is 5.91 Å². The second-order valence-corrected chi connectivity index (χ2v) is 9.30. The van der Waals surface area contributed by atoms with E-state index in [0.717, 1.165) is 43.3 Å². The van der Waals surface area contributed by atoms with Crippen LogP contribution in [-0.2, 0) is 11.3 Å². The molecule has 8 heteroatoms. The molecule has 34 heavy (non-hydrogen) atoms. The number of amides is 2. The summed E-state index contributed by atoms with van der Waals surface area (Å²) in [7, 11) is 0. The Hall–Kier alpha value is -3.81. The smallest absolute Gasteiger partial charge is 0.408 e. The van der Waals surface area contributed by atoms with E-state index >= 15 is 0 Å². The van der Waals surface area contributed by atoms with Crippen molar-refractivity contribution in [2.75, 3.05) is 18.4 Å². The zero-order valence-electron chi connectivity index (χ0n) is 18.8. The lowest BCUT2D eigenvalue weighted by Gasteiger charge is -2.26. The Labute approximate surface area is 195 Å². The summed E-state index contributed by atoms with van der Waals surface area (Å²) in [6, 6.07) is 13.1. The van der Waals surface area contributed by atoms with Crippen LogP contribution in [0.3, 0.4) is 0 Å². The first-order valence-corrected chi connectivity index (χ1v) is 11.9. The third-order valence-electron chi connectivity index (χ3n) is 6.89. The summed E-state index contributed by atoms with van der Waals surface area (Å²) in [4.78, 5) is 43.2. The van der Waals surface area contributed by atoms with Gasteiger partial charge in [0.05, 0.1) is 5.52 Å². The number of nitrogens with one attached hydrogen (secondary N) is 2. The van der Waals surface area contributed by atoms with Gasteiger partial charge in [-0.05, 0) is 73.9 Å². The summed E-state index contributed by atoms with van der Waals surface area (Å²) in [6.07, 6.45) is 5.48. The van der Waals surface area contributed by atoms with E-state index in [1.54, 1.807) is 23.1 Å². The van der Waals surface area contributed by atoms with Crippen molar-refractivity contribution in [2.24, 2.45) is 0 Å². The molecule has 2 aromatic carbocycles.